The van der Waals surface area contributed by atoms with Gasteiger partial charge < -0.3 is 38.6 Å². The highest BCUT2D eigenvalue weighted by molar-refractivity contribution is 9.09. The van der Waals surface area contributed by atoms with Crippen molar-refractivity contribution in [2.75, 3.05) is 5.33 Å². The molecule has 0 aliphatic carbocycles. The van der Waals surface area contributed by atoms with E-state index in [-0.39, 0.29) is 18.2 Å². The molecule has 0 aromatic rings. The Kier molecular flexibility index (Phi) is 11.1. The number of esters is 2. The van der Waals surface area contributed by atoms with E-state index in [1.807, 2.05) is 0 Å². The average molecular weight is 626 g/mol. The van der Waals surface area contributed by atoms with Gasteiger partial charge in [0, 0.05) is 17.2 Å². The van der Waals surface area contributed by atoms with Gasteiger partial charge in [-0.05, 0) is 76.2 Å². The fourth-order valence-corrected chi connectivity index (χ4v) is 5.60. The van der Waals surface area contributed by atoms with E-state index in [1.165, 1.54) is 0 Å². The Morgan fingerprint density at radius 2 is 1.08 bits per heavy atom. The Morgan fingerprint density at radius 1 is 0.744 bits per heavy atom. The zero-order valence-electron chi connectivity index (χ0n) is 25.3. The zero-order valence-corrected chi connectivity index (χ0v) is 26.9. The summed E-state index contributed by atoms with van der Waals surface area (Å²) in [5.41, 5.74) is -1.50. The summed E-state index contributed by atoms with van der Waals surface area (Å²) in [6.45, 7) is 19.1. The number of hydrogen-bond donors (Lipinski definition) is 2. The van der Waals surface area contributed by atoms with Crippen molar-refractivity contribution in [1.82, 2.24) is 0 Å². The van der Waals surface area contributed by atoms with E-state index in [4.69, 9.17) is 28.4 Å². The van der Waals surface area contributed by atoms with Gasteiger partial charge in [-0.2, -0.15) is 0 Å². The molecule has 2 heterocycles. The van der Waals surface area contributed by atoms with E-state index >= 15 is 0 Å². The second-order valence-corrected chi connectivity index (χ2v) is 14.1. The minimum atomic E-state index is -1.07. The van der Waals surface area contributed by atoms with Crippen molar-refractivity contribution in [3.63, 3.8) is 0 Å². The van der Waals surface area contributed by atoms with Gasteiger partial charge in [-0.1, -0.05) is 15.9 Å². The summed E-state index contributed by atoms with van der Waals surface area (Å²) in [6.07, 6.45) is -5.49. The predicted octanol–water partition coefficient (Wildman–Crippen LogP) is 3.86. The maximum absolute atomic E-state index is 13.3. The molecule has 0 radical (unpaired) electrons. The van der Waals surface area contributed by atoms with Crippen LogP contribution in [-0.4, -0.2) is 86.9 Å². The van der Waals surface area contributed by atoms with Crippen molar-refractivity contribution >= 4 is 27.9 Å². The molecule has 2 fully saturated rings. The Labute approximate surface area is 241 Å². The Balaban J connectivity index is 2.64. The highest BCUT2D eigenvalue weighted by Gasteiger charge is 2.56. The van der Waals surface area contributed by atoms with E-state index in [0.29, 0.717) is 0 Å². The Bertz CT molecular complexity index is 844. The number of aliphatic hydroxyl groups excluding tert-OH is 2. The molecule has 11 heteroatoms. The van der Waals surface area contributed by atoms with E-state index in [2.05, 4.69) is 15.9 Å². The molecule has 39 heavy (non-hydrogen) atoms. The second kappa shape index (κ2) is 12.6. The van der Waals surface area contributed by atoms with E-state index in [0.717, 1.165) is 0 Å². The van der Waals surface area contributed by atoms with Crippen molar-refractivity contribution in [2.24, 2.45) is 11.8 Å². The highest BCUT2D eigenvalue weighted by Crippen LogP contribution is 2.45. The van der Waals surface area contributed by atoms with Gasteiger partial charge in [0.2, 0.25) is 0 Å². The van der Waals surface area contributed by atoms with Gasteiger partial charge in [0.1, 0.15) is 23.4 Å². The summed E-state index contributed by atoms with van der Waals surface area (Å²) in [6, 6.07) is 0. The largest absolute Gasteiger partial charge is 0.460 e. The molecule has 0 bridgehead atoms. The Morgan fingerprint density at radius 3 is 1.41 bits per heavy atom. The third-order valence-corrected chi connectivity index (χ3v) is 7.04. The fourth-order valence-electron chi connectivity index (χ4n) is 5.23. The average Bonchev–Trinajstić information content (AvgIpc) is 3.22. The smallest absolute Gasteiger partial charge is 0.306 e. The summed E-state index contributed by atoms with van der Waals surface area (Å²) >= 11 is 3.32. The summed E-state index contributed by atoms with van der Waals surface area (Å²) < 4.78 is 36.1. The molecule has 228 valence electrons. The summed E-state index contributed by atoms with van der Waals surface area (Å²) in [4.78, 5) is 26.6. The van der Waals surface area contributed by atoms with Crippen molar-refractivity contribution in [3.8, 4) is 0 Å². The molecular weight excluding hydrogens is 576 g/mol. The number of carbonyl (C=O) groups excluding carboxylic acids is 2. The predicted molar refractivity (Wildman–Crippen MR) is 147 cm³/mol. The lowest BCUT2D eigenvalue weighted by Gasteiger charge is -2.38. The van der Waals surface area contributed by atoms with Crippen LogP contribution in [0, 0.1) is 11.8 Å². The molecule has 0 unspecified atom stereocenters. The minimum Gasteiger partial charge on any atom is -0.460 e. The van der Waals surface area contributed by atoms with Crippen LogP contribution in [0.3, 0.4) is 0 Å². The van der Waals surface area contributed by atoms with Crippen LogP contribution >= 0.6 is 15.9 Å². The van der Waals surface area contributed by atoms with E-state index in [9.17, 15) is 19.8 Å². The van der Waals surface area contributed by atoms with Crippen LogP contribution < -0.4 is 0 Å². The van der Waals surface area contributed by atoms with Crippen LogP contribution in [0.2, 0.25) is 0 Å². The number of ether oxygens (including phenoxy) is 6. The number of halogens is 1. The van der Waals surface area contributed by atoms with Crippen LogP contribution in [0.1, 0.15) is 89.0 Å². The summed E-state index contributed by atoms with van der Waals surface area (Å²) in [5, 5.41) is 21.7. The molecule has 0 aromatic heterocycles. The molecule has 0 amide bonds. The number of aliphatic hydroxyl groups is 2. The molecule has 0 spiro atoms. The summed E-state index contributed by atoms with van der Waals surface area (Å²) in [5.74, 6) is -4.62. The zero-order chi connectivity index (χ0) is 30.1. The molecule has 2 aliphatic rings. The van der Waals surface area contributed by atoms with Gasteiger partial charge in [-0.15, -0.1) is 0 Å². The molecule has 2 aliphatic heterocycles. The molecule has 0 saturated carbocycles. The number of rotatable bonds is 10. The maximum atomic E-state index is 13.3. The van der Waals surface area contributed by atoms with Crippen molar-refractivity contribution in [2.45, 2.75) is 148 Å². The lowest BCUT2D eigenvalue weighted by atomic mass is 9.75. The summed E-state index contributed by atoms with van der Waals surface area (Å²) in [7, 11) is 0. The monoisotopic (exact) mass is 624 g/mol. The lowest BCUT2D eigenvalue weighted by molar-refractivity contribution is -0.177. The molecule has 2 saturated heterocycles. The quantitative estimate of drug-likeness (QED) is 0.273. The van der Waals surface area contributed by atoms with Crippen LogP contribution in [-0.2, 0) is 38.0 Å². The van der Waals surface area contributed by atoms with Crippen LogP contribution in [0.25, 0.3) is 0 Å². The van der Waals surface area contributed by atoms with Crippen LogP contribution in [0.5, 0.6) is 0 Å². The van der Waals surface area contributed by atoms with Gasteiger partial charge in [-0.3, -0.25) is 9.59 Å². The van der Waals surface area contributed by atoms with E-state index < -0.39 is 83.2 Å². The molecular formula is C28H49BrO10. The van der Waals surface area contributed by atoms with Crippen LogP contribution in [0.4, 0.5) is 0 Å². The first-order valence-electron chi connectivity index (χ1n) is 13.6. The van der Waals surface area contributed by atoms with Crippen molar-refractivity contribution in [3.05, 3.63) is 0 Å². The highest BCUT2D eigenvalue weighted by atomic mass is 79.9. The lowest BCUT2D eigenvalue weighted by Crippen LogP contribution is -2.50. The third kappa shape index (κ3) is 10.2. The third-order valence-electron chi connectivity index (χ3n) is 6.38. The number of alkyl halides is 1. The van der Waals surface area contributed by atoms with Crippen molar-refractivity contribution < 1.29 is 48.2 Å². The van der Waals surface area contributed by atoms with Gasteiger partial charge in [0.05, 0.1) is 37.3 Å². The SMILES string of the molecule is C[C@@H](O)[C@H]1OC(C)(C)O[C@H]1[C@@H](CC(=O)OC(C)(C)C)[C@H](CC(=O)OC(C)(C)C)[C@@H]1OC(C)(C)O[C@@H]1[C@H](O)CBr. The maximum Gasteiger partial charge on any atom is 0.306 e. The van der Waals surface area contributed by atoms with Gasteiger partial charge in [0.25, 0.3) is 0 Å². The van der Waals surface area contributed by atoms with E-state index in [1.54, 1.807) is 76.2 Å². The molecule has 2 rings (SSSR count). The normalized spacial score (nSPS) is 29.9. The topological polar surface area (TPSA) is 130 Å². The van der Waals surface area contributed by atoms with Crippen molar-refractivity contribution in [1.29, 1.82) is 0 Å². The Hall–Kier alpha value is -0.820. The van der Waals surface area contributed by atoms with Crippen LogP contribution in [0.15, 0.2) is 0 Å². The first-order chi connectivity index (χ1) is 17.5. The first-order valence-corrected chi connectivity index (χ1v) is 14.7. The molecule has 8 atom stereocenters. The number of carbonyl (C=O) groups is 2. The standard InChI is InChI=1S/C28H49BrO10/c1-15(30)21-22(37-27(8,9)36-21)16(12-19(32)34-25(2,3)4)17(13-20(33)35-26(5,6)7)23-24(18(31)14-29)39-28(10,11)38-23/h15-18,21-24,30-31H,12-14H2,1-11H3/t15-,16+,17+,18-,21-,22+,23+,24-/m1/s1. The minimum absolute atomic E-state index is 0.157. The van der Waals surface area contributed by atoms with Gasteiger partial charge in [-0.25, -0.2) is 0 Å². The van der Waals surface area contributed by atoms with Gasteiger partial charge in [0.15, 0.2) is 11.6 Å². The second-order valence-electron chi connectivity index (χ2n) is 13.5. The molecule has 10 nitrogen and oxygen atoms in total. The molecule has 2 N–H and O–H groups in total. The molecule has 0 aromatic carbocycles. The first kappa shape index (κ1) is 34.4. The van der Waals surface area contributed by atoms with Gasteiger partial charge >= 0.3 is 11.9 Å². The fraction of sp³-hybridized carbons (Fsp3) is 0.929. The number of hydrogen-bond acceptors (Lipinski definition) is 10.